The van der Waals surface area contributed by atoms with Crippen LogP contribution in [0.25, 0.3) is 0 Å². The number of hydrogen-bond donors (Lipinski definition) is 1. The van der Waals surface area contributed by atoms with Gasteiger partial charge in [0.25, 0.3) is 0 Å². The minimum Gasteiger partial charge on any atom is -0.326 e. The Kier molecular flexibility index (Phi) is 3.88. The number of aliphatic imine (C=N–C) groups is 1. The third-order valence-electron chi connectivity index (χ3n) is 3.55. The van der Waals surface area contributed by atoms with Crippen LogP contribution in [0.1, 0.15) is 21.5 Å². The molecule has 2 unspecified atom stereocenters. The normalized spacial score (nSPS) is 19.0. The van der Waals surface area contributed by atoms with E-state index < -0.39 is 0 Å². The molecule has 1 aliphatic heterocycles. The first-order valence-corrected chi connectivity index (χ1v) is 7.72. The van der Waals surface area contributed by atoms with Crippen LogP contribution in [0.2, 0.25) is 0 Å². The van der Waals surface area contributed by atoms with Gasteiger partial charge in [0.05, 0.1) is 16.6 Å². The second kappa shape index (κ2) is 5.82. The van der Waals surface area contributed by atoms with E-state index in [0.717, 1.165) is 16.8 Å². The number of urea groups is 1. The Bertz CT molecular complexity index is 680. The molecule has 0 spiro atoms. The number of aryl methyl sites for hydroxylation is 1. The van der Waals surface area contributed by atoms with Gasteiger partial charge in [-0.1, -0.05) is 76.1 Å². The standard InChI is InChI=1S/C17H15BrN2O/c1-11-7-9-13(10-8-11)15-16(20-17(21)19-15)14(18)12-5-3-2-4-6-12/h2-10,14,16H,1H3,(H,20,21). The summed E-state index contributed by atoms with van der Waals surface area (Å²) in [5, 5.41) is 2.93. The van der Waals surface area contributed by atoms with E-state index in [-0.39, 0.29) is 16.9 Å². The van der Waals surface area contributed by atoms with Crippen molar-refractivity contribution >= 4 is 27.7 Å². The van der Waals surface area contributed by atoms with Crippen molar-refractivity contribution in [3.8, 4) is 0 Å². The fourth-order valence-electron chi connectivity index (χ4n) is 2.42. The summed E-state index contributed by atoms with van der Waals surface area (Å²) in [6.07, 6.45) is 0. The molecule has 0 aromatic heterocycles. The number of hydrogen-bond acceptors (Lipinski definition) is 1. The van der Waals surface area contributed by atoms with Crippen LogP contribution in [-0.4, -0.2) is 17.8 Å². The third-order valence-corrected chi connectivity index (χ3v) is 4.61. The molecule has 3 nitrogen and oxygen atoms in total. The van der Waals surface area contributed by atoms with Gasteiger partial charge in [0.2, 0.25) is 0 Å². The predicted molar refractivity (Wildman–Crippen MR) is 88.1 cm³/mol. The Morgan fingerprint density at radius 3 is 2.43 bits per heavy atom. The lowest BCUT2D eigenvalue weighted by molar-refractivity contribution is 0.250. The summed E-state index contributed by atoms with van der Waals surface area (Å²) in [7, 11) is 0. The molecule has 0 bridgehead atoms. The van der Waals surface area contributed by atoms with Crippen molar-refractivity contribution in [3.05, 3.63) is 71.3 Å². The Morgan fingerprint density at radius 2 is 1.76 bits per heavy atom. The predicted octanol–water partition coefficient (Wildman–Crippen LogP) is 4.01. The summed E-state index contributed by atoms with van der Waals surface area (Å²) in [5.74, 6) is 0. The van der Waals surface area contributed by atoms with Gasteiger partial charge < -0.3 is 5.32 Å². The highest BCUT2D eigenvalue weighted by Gasteiger charge is 2.33. The number of carbonyl (C=O) groups excluding carboxylic acids is 1. The fourth-order valence-corrected chi connectivity index (χ4v) is 3.11. The van der Waals surface area contributed by atoms with Crippen molar-refractivity contribution in [2.45, 2.75) is 17.8 Å². The van der Waals surface area contributed by atoms with E-state index in [1.807, 2.05) is 61.5 Å². The van der Waals surface area contributed by atoms with Crippen LogP contribution in [0.4, 0.5) is 4.79 Å². The van der Waals surface area contributed by atoms with Crippen LogP contribution >= 0.6 is 15.9 Å². The molecule has 0 saturated heterocycles. The summed E-state index contributed by atoms with van der Waals surface area (Å²) in [4.78, 5) is 15.9. The molecule has 2 aromatic carbocycles. The highest BCUT2D eigenvalue weighted by Crippen LogP contribution is 2.30. The Hall–Kier alpha value is -1.94. The summed E-state index contributed by atoms with van der Waals surface area (Å²) in [6.45, 7) is 2.04. The van der Waals surface area contributed by atoms with Crippen LogP contribution in [0, 0.1) is 6.92 Å². The molecule has 2 amide bonds. The number of alkyl halides is 1. The van der Waals surface area contributed by atoms with E-state index in [4.69, 9.17) is 0 Å². The minimum atomic E-state index is -0.282. The monoisotopic (exact) mass is 342 g/mol. The van der Waals surface area contributed by atoms with Crippen molar-refractivity contribution in [2.75, 3.05) is 0 Å². The summed E-state index contributed by atoms with van der Waals surface area (Å²) in [5.41, 5.74) is 4.06. The molecule has 1 N–H and O–H groups in total. The Labute approximate surface area is 132 Å². The zero-order valence-corrected chi connectivity index (χ0v) is 13.2. The number of nitrogens with one attached hydrogen (secondary N) is 1. The van der Waals surface area contributed by atoms with Gasteiger partial charge in [-0.3, -0.25) is 0 Å². The zero-order valence-electron chi connectivity index (χ0n) is 11.6. The maximum atomic E-state index is 11.7. The smallest absolute Gasteiger partial charge is 0.326 e. The second-order valence-corrected chi connectivity index (χ2v) is 6.09. The average molecular weight is 343 g/mol. The highest BCUT2D eigenvalue weighted by molar-refractivity contribution is 9.09. The number of carbonyl (C=O) groups is 1. The van der Waals surface area contributed by atoms with E-state index in [2.05, 4.69) is 26.2 Å². The molecule has 2 atom stereocenters. The van der Waals surface area contributed by atoms with Gasteiger partial charge in [-0.2, -0.15) is 4.99 Å². The molecule has 3 rings (SSSR count). The fraction of sp³-hybridized carbons (Fsp3) is 0.176. The van der Waals surface area contributed by atoms with Crippen molar-refractivity contribution in [3.63, 3.8) is 0 Å². The Morgan fingerprint density at radius 1 is 1.10 bits per heavy atom. The van der Waals surface area contributed by atoms with E-state index >= 15 is 0 Å². The number of amides is 2. The van der Waals surface area contributed by atoms with Gasteiger partial charge in [0, 0.05) is 0 Å². The maximum Gasteiger partial charge on any atom is 0.341 e. The van der Waals surface area contributed by atoms with Crippen LogP contribution in [0.15, 0.2) is 59.6 Å². The van der Waals surface area contributed by atoms with Crippen LogP contribution < -0.4 is 5.32 Å². The molecular formula is C17H15BrN2O. The quantitative estimate of drug-likeness (QED) is 0.841. The molecule has 0 saturated carbocycles. The van der Waals surface area contributed by atoms with Crippen LogP contribution in [0.3, 0.4) is 0 Å². The molecule has 0 aliphatic carbocycles. The van der Waals surface area contributed by atoms with Crippen molar-refractivity contribution < 1.29 is 4.79 Å². The highest BCUT2D eigenvalue weighted by atomic mass is 79.9. The van der Waals surface area contributed by atoms with E-state index in [9.17, 15) is 4.79 Å². The van der Waals surface area contributed by atoms with Crippen molar-refractivity contribution in [1.29, 1.82) is 0 Å². The number of rotatable bonds is 3. The molecule has 106 valence electrons. The first-order chi connectivity index (χ1) is 10.1. The molecule has 4 heteroatoms. The largest absolute Gasteiger partial charge is 0.341 e. The van der Waals surface area contributed by atoms with Gasteiger partial charge in [-0.25, -0.2) is 4.79 Å². The van der Waals surface area contributed by atoms with Crippen molar-refractivity contribution in [1.82, 2.24) is 5.32 Å². The summed E-state index contributed by atoms with van der Waals surface area (Å²) < 4.78 is 0. The van der Waals surface area contributed by atoms with Gasteiger partial charge in [0.1, 0.15) is 0 Å². The third kappa shape index (κ3) is 2.90. The SMILES string of the molecule is Cc1ccc(C2=NC(=O)NC2C(Br)c2ccccc2)cc1. The molecule has 1 heterocycles. The summed E-state index contributed by atoms with van der Waals surface area (Å²) in [6, 6.07) is 17.7. The van der Waals surface area contributed by atoms with Gasteiger partial charge in [-0.05, 0) is 18.1 Å². The molecule has 0 radical (unpaired) electrons. The number of halogens is 1. The van der Waals surface area contributed by atoms with Gasteiger partial charge in [-0.15, -0.1) is 0 Å². The number of nitrogens with zero attached hydrogens (tertiary/aromatic N) is 1. The van der Waals surface area contributed by atoms with Gasteiger partial charge >= 0.3 is 6.03 Å². The lowest BCUT2D eigenvalue weighted by atomic mass is 9.97. The molecule has 1 aliphatic rings. The number of benzene rings is 2. The first-order valence-electron chi connectivity index (χ1n) is 6.80. The summed E-state index contributed by atoms with van der Waals surface area (Å²) >= 11 is 3.70. The van der Waals surface area contributed by atoms with Crippen LogP contribution in [-0.2, 0) is 0 Å². The first kappa shape index (κ1) is 14.0. The maximum absolute atomic E-state index is 11.7. The lowest BCUT2D eigenvalue weighted by Gasteiger charge is -2.20. The Balaban J connectivity index is 1.93. The van der Waals surface area contributed by atoms with E-state index in [0.29, 0.717) is 0 Å². The second-order valence-electron chi connectivity index (χ2n) is 5.10. The zero-order chi connectivity index (χ0) is 14.8. The van der Waals surface area contributed by atoms with E-state index in [1.165, 1.54) is 5.56 Å². The van der Waals surface area contributed by atoms with Crippen molar-refractivity contribution in [2.24, 2.45) is 4.99 Å². The average Bonchev–Trinajstić information content (AvgIpc) is 2.90. The molecule has 2 aromatic rings. The molecule has 0 fully saturated rings. The molecule has 21 heavy (non-hydrogen) atoms. The lowest BCUT2D eigenvalue weighted by Crippen LogP contribution is -2.36. The van der Waals surface area contributed by atoms with E-state index in [1.54, 1.807) is 0 Å². The minimum absolute atomic E-state index is 0.00907. The van der Waals surface area contributed by atoms with Gasteiger partial charge in [0.15, 0.2) is 0 Å². The topological polar surface area (TPSA) is 41.5 Å². The van der Waals surface area contributed by atoms with Crippen LogP contribution in [0.5, 0.6) is 0 Å². The molecular weight excluding hydrogens is 328 g/mol.